The number of hydrogen-bond acceptors (Lipinski definition) is 1. The molecule has 200 valence electrons. The zero-order valence-corrected chi connectivity index (χ0v) is 23.7. The highest BCUT2D eigenvalue weighted by Crippen LogP contribution is 2.40. The molecule has 0 spiro atoms. The molecule has 0 atom stereocenters. The van der Waals surface area contributed by atoms with Crippen molar-refractivity contribution < 1.29 is 4.79 Å². The van der Waals surface area contributed by atoms with Crippen molar-refractivity contribution in [2.75, 3.05) is 7.05 Å². The SMILES string of the molecule is C=CC(=O)N(C)C1CCC(c2ccc(-c3ccc(C4CCC(CCCCC)CC4)cc3)c(CC)c2)CC1. The van der Waals surface area contributed by atoms with E-state index in [0.717, 1.165) is 43.9 Å². The Morgan fingerprint density at radius 2 is 1.49 bits per heavy atom. The lowest BCUT2D eigenvalue weighted by Gasteiger charge is -2.34. The quantitative estimate of drug-likeness (QED) is 0.235. The molecule has 2 aliphatic rings. The fourth-order valence-electron chi connectivity index (χ4n) is 6.96. The number of likely N-dealkylation sites (N-methyl/N-ethyl adjacent to an activating group) is 1. The minimum Gasteiger partial charge on any atom is -0.339 e. The van der Waals surface area contributed by atoms with E-state index in [1.807, 2.05) is 11.9 Å². The van der Waals surface area contributed by atoms with Gasteiger partial charge in [0.05, 0.1) is 0 Å². The van der Waals surface area contributed by atoms with Gasteiger partial charge in [0.1, 0.15) is 0 Å². The van der Waals surface area contributed by atoms with Gasteiger partial charge in [0, 0.05) is 13.1 Å². The summed E-state index contributed by atoms with van der Waals surface area (Å²) in [4.78, 5) is 13.9. The number of amides is 1. The molecule has 0 radical (unpaired) electrons. The van der Waals surface area contributed by atoms with Crippen LogP contribution in [-0.4, -0.2) is 23.9 Å². The van der Waals surface area contributed by atoms with Crippen LogP contribution in [0, 0.1) is 5.92 Å². The maximum atomic E-state index is 12.0. The lowest BCUT2D eigenvalue weighted by atomic mass is 9.77. The molecule has 1 amide bonds. The molecule has 0 aromatic heterocycles. The molecular weight excluding hydrogens is 450 g/mol. The predicted octanol–water partition coefficient (Wildman–Crippen LogP) is 9.44. The van der Waals surface area contributed by atoms with Gasteiger partial charge in [0.25, 0.3) is 0 Å². The molecule has 0 saturated heterocycles. The predicted molar refractivity (Wildman–Crippen MR) is 158 cm³/mol. The van der Waals surface area contributed by atoms with Gasteiger partial charge in [-0.1, -0.05) is 88.6 Å². The molecule has 2 fully saturated rings. The Bertz CT molecular complexity index is 1010. The second kappa shape index (κ2) is 13.4. The van der Waals surface area contributed by atoms with Crippen molar-refractivity contribution in [1.29, 1.82) is 0 Å². The Labute approximate surface area is 226 Å². The van der Waals surface area contributed by atoms with Crippen molar-refractivity contribution in [2.24, 2.45) is 5.92 Å². The maximum absolute atomic E-state index is 12.0. The lowest BCUT2D eigenvalue weighted by molar-refractivity contribution is -0.127. The van der Waals surface area contributed by atoms with Crippen molar-refractivity contribution in [1.82, 2.24) is 4.90 Å². The summed E-state index contributed by atoms with van der Waals surface area (Å²) in [6, 6.07) is 17.1. The zero-order chi connectivity index (χ0) is 26.2. The average molecular weight is 500 g/mol. The van der Waals surface area contributed by atoms with Crippen LogP contribution in [0.4, 0.5) is 0 Å². The van der Waals surface area contributed by atoms with E-state index in [2.05, 4.69) is 62.9 Å². The van der Waals surface area contributed by atoms with Gasteiger partial charge < -0.3 is 4.90 Å². The third kappa shape index (κ3) is 6.95. The number of carbonyl (C=O) groups is 1. The first-order valence-electron chi connectivity index (χ1n) is 15.2. The summed E-state index contributed by atoms with van der Waals surface area (Å²) >= 11 is 0. The molecule has 0 bridgehead atoms. The Balaban J connectivity index is 1.36. The summed E-state index contributed by atoms with van der Waals surface area (Å²) in [6.45, 7) is 8.23. The summed E-state index contributed by atoms with van der Waals surface area (Å²) in [5.41, 5.74) is 7.22. The summed E-state index contributed by atoms with van der Waals surface area (Å²) in [6.07, 6.45) is 18.1. The Kier molecular flexibility index (Phi) is 10.1. The molecule has 2 aliphatic carbocycles. The minimum atomic E-state index is 0.0437. The summed E-state index contributed by atoms with van der Waals surface area (Å²) in [7, 11) is 1.92. The van der Waals surface area contributed by atoms with E-state index in [0.29, 0.717) is 12.0 Å². The highest BCUT2D eigenvalue weighted by atomic mass is 16.2. The van der Waals surface area contributed by atoms with E-state index < -0.39 is 0 Å². The van der Waals surface area contributed by atoms with Crippen LogP contribution < -0.4 is 0 Å². The van der Waals surface area contributed by atoms with Crippen LogP contribution in [0.2, 0.25) is 0 Å². The summed E-state index contributed by atoms with van der Waals surface area (Å²) in [5, 5.41) is 0. The van der Waals surface area contributed by atoms with Gasteiger partial charge >= 0.3 is 0 Å². The van der Waals surface area contributed by atoms with Crippen LogP contribution in [0.3, 0.4) is 0 Å². The molecule has 2 aromatic carbocycles. The summed E-state index contributed by atoms with van der Waals surface area (Å²) in [5.74, 6) is 2.36. The monoisotopic (exact) mass is 499 g/mol. The molecule has 0 aliphatic heterocycles. The van der Waals surface area contributed by atoms with Gasteiger partial charge in [0.15, 0.2) is 0 Å². The molecule has 4 rings (SSSR count). The normalized spacial score (nSPS) is 24.0. The molecule has 0 heterocycles. The van der Waals surface area contributed by atoms with Gasteiger partial charge in [-0.2, -0.15) is 0 Å². The number of aryl methyl sites for hydroxylation is 1. The van der Waals surface area contributed by atoms with Crippen LogP contribution in [0.25, 0.3) is 11.1 Å². The minimum absolute atomic E-state index is 0.0437. The fraction of sp³-hybridized carbons (Fsp3) is 0.571. The molecular formula is C35H49NO. The smallest absolute Gasteiger partial charge is 0.245 e. The number of nitrogens with zero attached hydrogens (tertiary/aromatic N) is 1. The van der Waals surface area contributed by atoms with Crippen LogP contribution >= 0.6 is 0 Å². The van der Waals surface area contributed by atoms with E-state index in [-0.39, 0.29) is 5.91 Å². The van der Waals surface area contributed by atoms with E-state index in [4.69, 9.17) is 0 Å². The molecule has 2 heteroatoms. The third-order valence-corrected chi connectivity index (χ3v) is 9.50. The average Bonchev–Trinajstić information content (AvgIpc) is 2.96. The fourth-order valence-corrected chi connectivity index (χ4v) is 6.96. The van der Waals surface area contributed by atoms with E-state index >= 15 is 0 Å². The van der Waals surface area contributed by atoms with Crippen LogP contribution in [0.15, 0.2) is 55.1 Å². The Morgan fingerprint density at radius 3 is 2.11 bits per heavy atom. The van der Waals surface area contributed by atoms with Crippen LogP contribution in [-0.2, 0) is 11.2 Å². The molecule has 37 heavy (non-hydrogen) atoms. The number of benzene rings is 2. The van der Waals surface area contributed by atoms with Crippen molar-refractivity contribution in [2.45, 2.75) is 115 Å². The van der Waals surface area contributed by atoms with Crippen LogP contribution in [0.1, 0.15) is 119 Å². The van der Waals surface area contributed by atoms with Crippen molar-refractivity contribution in [3.63, 3.8) is 0 Å². The Morgan fingerprint density at radius 1 is 0.865 bits per heavy atom. The van der Waals surface area contributed by atoms with E-state index in [1.54, 1.807) is 5.56 Å². The van der Waals surface area contributed by atoms with Gasteiger partial charge in [-0.3, -0.25) is 4.79 Å². The topological polar surface area (TPSA) is 20.3 Å². The van der Waals surface area contributed by atoms with Gasteiger partial charge in [0.2, 0.25) is 5.91 Å². The molecule has 0 N–H and O–H groups in total. The Hall–Kier alpha value is -2.35. The molecule has 2 saturated carbocycles. The van der Waals surface area contributed by atoms with E-state index in [1.165, 1.54) is 79.7 Å². The zero-order valence-electron chi connectivity index (χ0n) is 23.7. The second-order valence-electron chi connectivity index (χ2n) is 11.8. The van der Waals surface area contributed by atoms with Gasteiger partial charge in [-0.25, -0.2) is 0 Å². The van der Waals surface area contributed by atoms with Gasteiger partial charge in [-0.05, 0) is 109 Å². The van der Waals surface area contributed by atoms with Crippen molar-refractivity contribution >= 4 is 5.91 Å². The van der Waals surface area contributed by atoms with Gasteiger partial charge in [-0.15, -0.1) is 0 Å². The molecule has 2 nitrogen and oxygen atoms in total. The third-order valence-electron chi connectivity index (χ3n) is 9.50. The first-order chi connectivity index (χ1) is 18.0. The first kappa shape index (κ1) is 27.7. The van der Waals surface area contributed by atoms with E-state index in [9.17, 15) is 4.79 Å². The number of rotatable bonds is 10. The number of unbranched alkanes of at least 4 members (excludes halogenated alkanes) is 2. The molecule has 0 unspecified atom stereocenters. The lowest BCUT2D eigenvalue weighted by Crippen LogP contribution is -2.38. The highest BCUT2D eigenvalue weighted by molar-refractivity contribution is 5.87. The standard InChI is InChI=1S/C35H49NO/c1-5-8-9-10-26-11-13-28(14-12-26)29-15-17-31(18-16-29)34-24-21-32(25-27(34)6-2)30-19-22-33(23-20-30)36(4)35(37)7-3/h7,15-18,21,24-26,28,30,33H,3,5-6,8-14,19-20,22-23H2,1-2,4H3. The number of hydrogen-bond donors (Lipinski definition) is 0. The first-order valence-corrected chi connectivity index (χ1v) is 15.2. The largest absolute Gasteiger partial charge is 0.339 e. The maximum Gasteiger partial charge on any atom is 0.245 e. The van der Waals surface area contributed by atoms with Crippen molar-refractivity contribution in [3.05, 3.63) is 71.8 Å². The molecule has 2 aromatic rings. The number of carbonyl (C=O) groups excluding carboxylic acids is 1. The summed E-state index contributed by atoms with van der Waals surface area (Å²) < 4.78 is 0. The van der Waals surface area contributed by atoms with Crippen LogP contribution in [0.5, 0.6) is 0 Å². The highest BCUT2D eigenvalue weighted by Gasteiger charge is 2.27. The second-order valence-corrected chi connectivity index (χ2v) is 11.8. The van der Waals surface area contributed by atoms with Crippen molar-refractivity contribution in [3.8, 4) is 11.1 Å².